The summed E-state index contributed by atoms with van der Waals surface area (Å²) >= 11 is 8.69. The van der Waals surface area contributed by atoms with Gasteiger partial charge in [0.1, 0.15) is 11.6 Å². The molecule has 0 aliphatic heterocycles. The highest BCUT2D eigenvalue weighted by Crippen LogP contribution is 2.32. The van der Waals surface area contributed by atoms with Gasteiger partial charge < -0.3 is 0 Å². The van der Waals surface area contributed by atoms with Crippen LogP contribution in [-0.2, 0) is 0 Å². The van der Waals surface area contributed by atoms with Gasteiger partial charge in [-0.2, -0.15) is 5.26 Å². The van der Waals surface area contributed by atoms with Crippen LogP contribution in [0.3, 0.4) is 0 Å². The number of nitrogens with zero attached hydrogens (tertiary/aromatic N) is 3. The van der Waals surface area contributed by atoms with Crippen LogP contribution >= 0.6 is 34.7 Å². The van der Waals surface area contributed by atoms with E-state index in [9.17, 15) is 0 Å². The third-order valence-electron chi connectivity index (χ3n) is 1.60. The van der Waals surface area contributed by atoms with Crippen molar-refractivity contribution in [2.45, 2.75) is 9.24 Å². The van der Waals surface area contributed by atoms with Gasteiger partial charge in [0.25, 0.3) is 0 Å². The van der Waals surface area contributed by atoms with Crippen LogP contribution in [-0.4, -0.2) is 10.2 Å². The molecule has 1 heterocycles. The zero-order valence-corrected chi connectivity index (χ0v) is 9.73. The first kappa shape index (κ1) is 10.4. The van der Waals surface area contributed by atoms with Gasteiger partial charge in [0.05, 0.1) is 5.56 Å². The van der Waals surface area contributed by atoms with Crippen molar-refractivity contribution in [1.29, 1.82) is 5.26 Å². The maximum Gasteiger partial charge on any atom is 0.178 e. The highest BCUT2D eigenvalue weighted by atomic mass is 35.5. The van der Waals surface area contributed by atoms with Crippen molar-refractivity contribution < 1.29 is 0 Å². The van der Waals surface area contributed by atoms with Crippen LogP contribution in [0.4, 0.5) is 0 Å². The Morgan fingerprint density at radius 1 is 1.47 bits per heavy atom. The molecule has 0 saturated carbocycles. The molecule has 0 N–H and O–H groups in total. The zero-order chi connectivity index (χ0) is 10.7. The maximum atomic E-state index is 8.90. The summed E-state index contributed by atoms with van der Waals surface area (Å²) in [6.07, 6.45) is 0. The van der Waals surface area contributed by atoms with Gasteiger partial charge in [-0.25, -0.2) is 0 Å². The lowest BCUT2D eigenvalue weighted by Crippen LogP contribution is -1.81. The molecule has 2 rings (SSSR count). The molecule has 6 heteroatoms. The van der Waals surface area contributed by atoms with Crippen molar-refractivity contribution >= 4 is 34.7 Å². The Hall–Kier alpha value is -1.09. The average molecular weight is 254 g/mol. The van der Waals surface area contributed by atoms with E-state index in [2.05, 4.69) is 16.3 Å². The van der Waals surface area contributed by atoms with Crippen LogP contribution in [0.1, 0.15) is 5.56 Å². The largest absolute Gasteiger partial charge is 0.192 e. The van der Waals surface area contributed by atoms with Gasteiger partial charge in [-0.1, -0.05) is 34.7 Å². The van der Waals surface area contributed by atoms with Crippen molar-refractivity contribution in [1.82, 2.24) is 10.2 Å². The molecule has 0 spiro atoms. The molecule has 2 aromatic rings. The minimum absolute atomic E-state index is 0.597. The monoisotopic (exact) mass is 253 g/mol. The van der Waals surface area contributed by atoms with Crippen LogP contribution < -0.4 is 0 Å². The lowest BCUT2D eigenvalue weighted by Gasteiger charge is -2.00. The molecule has 15 heavy (non-hydrogen) atoms. The van der Waals surface area contributed by atoms with Crippen molar-refractivity contribution in [3.8, 4) is 6.07 Å². The van der Waals surface area contributed by atoms with Crippen molar-refractivity contribution in [2.24, 2.45) is 0 Å². The molecule has 0 atom stereocenters. The molecule has 3 nitrogen and oxygen atoms in total. The summed E-state index contributed by atoms with van der Waals surface area (Å²) in [5.41, 5.74) is 2.25. The normalized spacial score (nSPS) is 9.87. The van der Waals surface area contributed by atoms with E-state index in [4.69, 9.17) is 16.9 Å². The summed E-state index contributed by atoms with van der Waals surface area (Å²) in [4.78, 5) is 0.807. The second-order valence-corrected chi connectivity index (χ2v) is 5.12. The van der Waals surface area contributed by atoms with Gasteiger partial charge in [0.15, 0.2) is 4.34 Å². The molecule has 0 aliphatic rings. The summed E-state index contributed by atoms with van der Waals surface area (Å²) in [7, 11) is 0. The number of rotatable bonds is 2. The first-order chi connectivity index (χ1) is 7.29. The van der Waals surface area contributed by atoms with E-state index in [0.29, 0.717) is 10.6 Å². The third kappa shape index (κ3) is 2.48. The van der Waals surface area contributed by atoms with Crippen LogP contribution in [0, 0.1) is 11.3 Å². The van der Waals surface area contributed by atoms with Gasteiger partial charge in [-0.3, -0.25) is 0 Å². The SMILES string of the molecule is N#Cc1ccc(Cl)cc1Sc1nncs1. The molecular formula is C9H4ClN3S2. The zero-order valence-electron chi connectivity index (χ0n) is 7.35. The highest BCUT2D eigenvalue weighted by Gasteiger charge is 2.07. The number of aromatic nitrogens is 2. The predicted octanol–water partition coefficient (Wildman–Crippen LogP) is 3.21. The second kappa shape index (κ2) is 4.62. The Morgan fingerprint density at radius 3 is 3.00 bits per heavy atom. The molecule has 1 aromatic carbocycles. The molecular weight excluding hydrogens is 250 g/mol. The Labute approximate surface area is 99.7 Å². The molecule has 0 fully saturated rings. The van der Waals surface area contributed by atoms with Gasteiger partial charge in [0.2, 0.25) is 0 Å². The number of hydrogen-bond acceptors (Lipinski definition) is 5. The number of benzene rings is 1. The fraction of sp³-hybridized carbons (Fsp3) is 0. The van der Waals surface area contributed by atoms with Crippen LogP contribution in [0.5, 0.6) is 0 Å². The summed E-state index contributed by atoms with van der Waals surface area (Å²) in [5, 5.41) is 17.1. The topological polar surface area (TPSA) is 49.6 Å². The van der Waals surface area contributed by atoms with E-state index in [1.165, 1.54) is 23.1 Å². The Bertz CT molecular complexity index is 505. The van der Waals surface area contributed by atoms with Gasteiger partial charge in [-0.15, -0.1) is 10.2 Å². The van der Waals surface area contributed by atoms with Crippen molar-refractivity contribution in [3.05, 3.63) is 34.3 Å². The molecule has 0 saturated heterocycles. The van der Waals surface area contributed by atoms with Gasteiger partial charge >= 0.3 is 0 Å². The van der Waals surface area contributed by atoms with Gasteiger partial charge in [-0.05, 0) is 18.2 Å². The summed E-state index contributed by atoms with van der Waals surface area (Å²) in [6, 6.07) is 7.27. The molecule has 0 unspecified atom stereocenters. The molecule has 0 amide bonds. The Morgan fingerprint density at radius 2 is 2.33 bits per heavy atom. The highest BCUT2D eigenvalue weighted by molar-refractivity contribution is 8.01. The summed E-state index contributed by atoms with van der Waals surface area (Å²) in [5.74, 6) is 0. The predicted molar refractivity (Wildman–Crippen MR) is 60.2 cm³/mol. The maximum absolute atomic E-state index is 8.90. The van der Waals surface area contributed by atoms with Crippen LogP contribution in [0.2, 0.25) is 5.02 Å². The second-order valence-electron chi connectivity index (χ2n) is 2.56. The van der Waals surface area contributed by atoms with E-state index in [0.717, 1.165) is 9.24 Å². The van der Waals surface area contributed by atoms with Crippen LogP contribution in [0.15, 0.2) is 32.9 Å². The standard InChI is InChI=1S/C9H4ClN3S2/c10-7-2-1-6(4-11)8(3-7)15-9-13-12-5-14-9/h1-3,5H. The first-order valence-corrected chi connectivity index (χ1v) is 6.00. The average Bonchev–Trinajstić information content (AvgIpc) is 2.71. The first-order valence-electron chi connectivity index (χ1n) is 3.93. The number of hydrogen-bond donors (Lipinski definition) is 0. The number of nitriles is 1. The van der Waals surface area contributed by atoms with Crippen molar-refractivity contribution in [3.63, 3.8) is 0 Å². The fourth-order valence-corrected chi connectivity index (χ4v) is 2.77. The lowest BCUT2D eigenvalue weighted by molar-refractivity contribution is 1.01. The molecule has 0 aliphatic carbocycles. The van der Waals surface area contributed by atoms with E-state index in [1.54, 1.807) is 23.7 Å². The van der Waals surface area contributed by atoms with E-state index >= 15 is 0 Å². The van der Waals surface area contributed by atoms with Crippen LogP contribution in [0.25, 0.3) is 0 Å². The Balaban J connectivity index is 2.35. The van der Waals surface area contributed by atoms with Gasteiger partial charge in [0, 0.05) is 9.92 Å². The number of halogens is 1. The minimum Gasteiger partial charge on any atom is -0.192 e. The van der Waals surface area contributed by atoms with E-state index < -0.39 is 0 Å². The smallest absolute Gasteiger partial charge is 0.178 e. The molecule has 74 valence electrons. The molecule has 0 radical (unpaired) electrons. The van der Waals surface area contributed by atoms with Crippen molar-refractivity contribution in [2.75, 3.05) is 0 Å². The summed E-state index contributed by atoms with van der Waals surface area (Å²) < 4.78 is 0.800. The third-order valence-corrected chi connectivity index (χ3v) is 3.67. The van der Waals surface area contributed by atoms with E-state index in [1.807, 2.05) is 0 Å². The molecule has 1 aromatic heterocycles. The lowest BCUT2D eigenvalue weighted by atomic mass is 10.2. The molecule has 0 bridgehead atoms. The minimum atomic E-state index is 0.597. The quantitative estimate of drug-likeness (QED) is 0.825. The Kier molecular flexibility index (Phi) is 3.21. The fourth-order valence-electron chi connectivity index (χ4n) is 0.974. The summed E-state index contributed by atoms with van der Waals surface area (Å²) in [6.45, 7) is 0. The van der Waals surface area contributed by atoms with E-state index in [-0.39, 0.29) is 0 Å².